The third-order valence-electron chi connectivity index (χ3n) is 12.7. The van der Waals surface area contributed by atoms with Gasteiger partial charge in [-0.2, -0.15) is 9.97 Å². The first-order chi connectivity index (χ1) is 30.9. The predicted molar refractivity (Wildman–Crippen MR) is 235 cm³/mol. The minimum Gasteiger partial charge on any atom is -0.387 e. The fraction of sp³-hybridized carbons (Fsp3) is 0.610. The highest BCUT2D eigenvalue weighted by atomic mass is 35.5. The number of nitrogens with zero attached hydrogens (tertiary/aromatic N) is 8. The molecular formula is C41H53ClN14O8. The van der Waals surface area contributed by atoms with Crippen molar-refractivity contribution in [3.05, 3.63) is 44.2 Å². The Morgan fingerprint density at radius 2 is 1.19 bits per heavy atom. The van der Waals surface area contributed by atoms with E-state index in [4.69, 9.17) is 21.1 Å². The molecule has 1 aromatic carbocycles. The van der Waals surface area contributed by atoms with Crippen LogP contribution in [0.15, 0.2) is 22.2 Å². The SMILES string of the molecule is CCNC(=O)[C@@H]1CC[C@H](n2cnc3c(NC4CCC(Nc5c(NC6CCC(Nc7nc(Cl)nc8c7ncn8[C@@H]7O[C@H](C(=O)NCC)[C@@H](O)[C@H]7O)CC6)c(=O)c5=O)CC4)nc(C)nc32)O1. The van der Waals surface area contributed by atoms with Gasteiger partial charge in [-0.05, 0) is 96.6 Å². The second kappa shape index (κ2) is 18.1. The number of aliphatic hydroxyl groups is 2. The molecule has 5 aromatic rings. The van der Waals surface area contributed by atoms with Crippen molar-refractivity contribution >= 4 is 68.8 Å². The number of likely N-dealkylation sites (N-methyl/N-ethyl adjacent to an activating group) is 2. The summed E-state index contributed by atoms with van der Waals surface area (Å²) in [5.41, 5.74) is 1.57. The van der Waals surface area contributed by atoms with E-state index in [2.05, 4.69) is 61.8 Å². The largest absolute Gasteiger partial charge is 0.387 e. The molecule has 0 bridgehead atoms. The number of nitrogens with one attached hydrogen (secondary N) is 6. The van der Waals surface area contributed by atoms with Gasteiger partial charge in [-0.1, -0.05) is 0 Å². The number of aliphatic hydroxyl groups excluding tert-OH is 2. The zero-order valence-corrected chi connectivity index (χ0v) is 36.5. The number of carbonyl (C=O) groups is 2. The monoisotopic (exact) mass is 904 g/mol. The average molecular weight is 905 g/mol. The summed E-state index contributed by atoms with van der Waals surface area (Å²) in [6.45, 7) is 6.33. The van der Waals surface area contributed by atoms with Crippen LogP contribution in [0.2, 0.25) is 5.28 Å². The van der Waals surface area contributed by atoms with E-state index in [0.29, 0.717) is 97.1 Å². The molecule has 2 amide bonds. The smallest absolute Gasteiger partial charge is 0.253 e. The Bertz CT molecular complexity index is 2600. The molecule has 2 saturated heterocycles. The van der Waals surface area contributed by atoms with Crippen LogP contribution in [0.4, 0.5) is 23.0 Å². The summed E-state index contributed by atoms with van der Waals surface area (Å²) in [4.78, 5) is 77.7. The van der Waals surface area contributed by atoms with Crippen molar-refractivity contribution < 1.29 is 29.3 Å². The summed E-state index contributed by atoms with van der Waals surface area (Å²) >= 11 is 6.35. The van der Waals surface area contributed by atoms with Crippen LogP contribution in [0.25, 0.3) is 22.3 Å². The molecule has 4 aliphatic rings. The lowest BCUT2D eigenvalue weighted by atomic mass is 9.90. The van der Waals surface area contributed by atoms with Gasteiger partial charge in [-0.25, -0.2) is 19.9 Å². The van der Waals surface area contributed by atoms with E-state index in [0.717, 1.165) is 25.7 Å². The third kappa shape index (κ3) is 8.43. The molecule has 64 heavy (non-hydrogen) atoms. The maximum absolute atomic E-state index is 12.8. The molecule has 2 aliphatic carbocycles. The molecule has 6 heterocycles. The summed E-state index contributed by atoms with van der Waals surface area (Å²) in [6.07, 6.45) is 4.21. The summed E-state index contributed by atoms with van der Waals surface area (Å²) < 4.78 is 15.2. The summed E-state index contributed by atoms with van der Waals surface area (Å²) in [6, 6.07) is 0.0806. The van der Waals surface area contributed by atoms with E-state index in [1.807, 2.05) is 18.4 Å². The second-order valence-electron chi connectivity index (χ2n) is 17.1. The normalized spacial score (nSPS) is 28.4. The fourth-order valence-corrected chi connectivity index (χ4v) is 9.59. The van der Waals surface area contributed by atoms with Gasteiger partial charge >= 0.3 is 0 Å². The molecule has 0 spiro atoms. The van der Waals surface area contributed by atoms with Crippen molar-refractivity contribution in [3.8, 4) is 0 Å². The molecule has 22 nitrogen and oxygen atoms in total. The lowest BCUT2D eigenvalue weighted by molar-refractivity contribution is -0.137. The van der Waals surface area contributed by atoms with Crippen molar-refractivity contribution in [2.45, 2.75) is 146 Å². The molecule has 0 radical (unpaired) electrons. The summed E-state index contributed by atoms with van der Waals surface area (Å²) in [7, 11) is 0. The van der Waals surface area contributed by atoms with E-state index in [9.17, 15) is 29.4 Å². The van der Waals surface area contributed by atoms with Gasteiger partial charge in [0.05, 0.1) is 12.7 Å². The molecule has 8 N–H and O–H groups in total. The molecule has 2 saturated carbocycles. The highest BCUT2D eigenvalue weighted by Gasteiger charge is 2.48. The van der Waals surface area contributed by atoms with Crippen molar-refractivity contribution in [3.63, 3.8) is 0 Å². The average Bonchev–Trinajstić information content (AvgIpc) is 4.09. The van der Waals surface area contributed by atoms with E-state index in [1.165, 1.54) is 10.9 Å². The zero-order valence-electron chi connectivity index (χ0n) is 35.7. The van der Waals surface area contributed by atoms with Crippen LogP contribution in [0.5, 0.6) is 0 Å². The number of amides is 2. The van der Waals surface area contributed by atoms with Gasteiger partial charge in [0.2, 0.25) is 11.2 Å². The standard InChI is InChI=1S/C41H53ClN14O8/c1-4-43-38(61)23-14-15-24(63-23)55-16-45-27-34(47-18(3)48-36(27)55)51-21-10-6-19(7-11-21)49-25-26(30(58)29(25)57)50-20-8-12-22(13-9-20)52-35-28-37(54-41(42)53-35)56(17-46-28)40-32(60)31(59)33(64-40)39(62)44-5-2/h16-17,19-24,31-33,40,49-50,59-60H,4-15H2,1-3H3,(H,43,61)(H,44,62)(H,47,48,51)(H,52,53,54)/t19?,20?,21?,22?,23-,24+,31-,32+,33-,40+/m0/s1. The quantitative estimate of drug-likeness (QED) is 0.0582. The Morgan fingerprint density at radius 1 is 0.672 bits per heavy atom. The van der Waals surface area contributed by atoms with Crippen LogP contribution in [-0.4, -0.2) is 123 Å². The van der Waals surface area contributed by atoms with Crippen LogP contribution >= 0.6 is 11.6 Å². The van der Waals surface area contributed by atoms with Gasteiger partial charge in [0, 0.05) is 37.3 Å². The molecule has 23 heteroatoms. The predicted octanol–water partition coefficient (Wildman–Crippen LogP) is 1.76. The maximum atomic E-state index is 12.8. The molecule has 342 valence electrons. The molecule has 2 aliphatic heterocycles. The number of aromatic nitrogens is 8. The molecule has 6 atom stereocenters. The van der Waals surface area contributed by atoms with Crippen LogP contribution in [-0.2, 0) is 19.1 Å². The Kier molecular flexibility index (Phi) is 12.4. The van der Waals surface area contributed by atoms with Gasteiger partial charge < -0.3 is 51.6 Å². The van der Waals surface area contributed by atoms with E-state index >= 15 is 0 Å². The fourth-order valence-electron chi connectivity index (χ4n) is 9.43. The van der Waals surface area contributed by atoms with Crippen molar-refractivity contribution in [2.75, 3.05) is 34.4 Å². The first-order valence-electron chi connectivity index (χ1n) is 22.1. The Morgan fingerprint density at radius 3 is 1.77 bits per heavy atom. The number of rotatable bonds is 14. The van der Waals surface area contributed by atoms with Crippen molar-refractivity contribution in [1.82, 2.24) is 49.7 Å². The third-order valence-corrected chi connectivity index (χ3v) is 12.9. The number of imidazole rings is 2. The van der Waals surface area contributed by atoms with E-state index in [1.54, 1.807) is 13.3 Å². The number of halogens is 1. The van der Waals surface area contributed by atoms with Gasteiger partial charge in [0.15, 0.2) is 46.3 Å². The number of hydrogen-bond acceptors (Lipinski definition) is 18. The number of carbonyl (C=O) groups excluding carboxylic acids is 2. The number of aryl methyl sites for hydroxylation is 1. The minimum absolute atomic E-state index is 0.0149. The van der Waals surface area contributed by atoms with Crippen LogP contribution in [0.3, 0.4) is 0 Å². The molecule has 4 fully saturated rings. The number of fused-ring (bicyclic) bond motifs is 2. The lowest BCUT2D eigenvalue weighted by Crippen LogP contribution is -2.43. The van der Waals surface area contributed by atoms with Crippen LogP contribution in [0, 0.1) is 6.92 Å². The molecule has 4 aromatic heterocycles. The van der Waals surface area contributed by atoms with Crippen molar-refractivity contribution in [2.24, 2.45) is 0 Å². The van der Waals surface area contributed by atoms with Crippen LogP contribution in [0.1, 0.15) is 96.3 Å². The van der Waals surface area contributed by atoms with Crippen LogP contribution < -0.4 is 42.8 Å². The number of anilines is 4. The lowest BCUT2D eigenvalue weighted by Gasteiger charge is -2.33. The van der Waals surface area contributed by atoms with E-state index in [-0.39, 0.29) is 47.2 Å². The van der Waals surface area contributed by atoms with Crippen molar-refractivity contribution in [1.29, 1.82) is 0 Å². The number of ether oxygens (including phenoxy) is 2. The topological polar surface area (TPSA) is 287 Å². The first-order valence-corrected chi connectivity index (χ1v) is 22.5. The summed E-state index contributed by atoms with van der Waals surface area (Å²) in [5, 5.41) is 40.5. The Balaban J connectivity index is 0.774. The molecule has 0 unspecified atom stereocenters. The van der Waals surface area contributed by atoms with Gasteiger partial charge in [0.25, 0.3) is 16.8 Å². The first kappa shape index (κ1) is 43.7. The maximum Gasteiger partial charge on any atom is 0.253 e. The molecular weight excluding hydrogens is 852 g/mol. The number of hydrogen-bond donors (Lipinski definition) is 8. The zero-order chi connectivity index (χ0) is 44.8. The van der Waals surface area contributed by atoms with E-state index < -0.39 is 47.4 Å². The molecule has 9 rings (SSSR count). The van der Waals surface area contributed by atoms with Gasteiger partial charge in [0.1, 0.15) is 41.7 Å². The minimum atomic E-state index is -1.46. The Labute approximate surface area is 371 Å². The highest BCUT2D eigenvalue weighted by Crippen LogP contribution is 2.36. The van der Waals surface area contributed by atoms with Gasteiger partial charge in [-0.3, -0.25) is 28.3 Å². The highest BCUT2D eigenvalue weighted by molar-refractivity contribution is 6.28. The second-order valence-corrected chi connectivity index (χ2v) is 17.4. The summed E-state index contributed by atoms with van der Waals surface area (Å²) in [5.74, 6) is 0.962. The van der Waals surface area contributed by atoms with Gasteiger partial charge in [-0.15, -0.1) is 0 Å². The Hall–Kier alpha value is -5.55.